The Labute approximate surface area is 145 Å². The van der Waals surface area contributed by atoms with Crippen molar-refractivity contribution in [3.8, 4) is 5.75 Å². The monoisotopic (exact) mass is 362 g/mol. The van der Waals surface area contributed by atoms with Crippen molar-refractivity contribution in [2.45, 2.75) is 12.6 Å². The van der Waals surface area contributed by atoms with Crippen LogP contribution in [-0.4, -0.2) is 21.6 Å². The van der Waals surface area contributed by atoms with Crippen LogP contribution in [0.1, 0.15) is 17.8 Å². The van der Waals surface area contributed by atoms with Gasteiger partial charge in [-0.3, -0.25) is 4.79 Å². The molecule has 134 valence electrons. The third-order valence-corrected chi connectivity index (χ3v) is 3.45. The zero-order valence-corrected chi connectivity index (χ0v) is 13.2. The van der Waals surface area contributed by atoms with Gasteiger partial charge in [0.25, 0.3) is 0 Å². The van der Waals surface area contributed by atoms with Crippen LogP contribution in [0.4, 0.5) is 13.2 Å². The summed E-state index contributed by atoms with van der Waals surface area (Å²) in [6.45, 7) is 0. The van der Waals surface area contributed by atoms with Gasteiger partial charge in [-0.15, -0.1) is 0 Å². The number of hydrogen-bond acceptors (Lipinski definition) is 4. The lowest BCUT2D eigenvalue weighted by Gasteiger charge is -2.05. The lowest BCUT2D eigenvalue weighted by Crippen LogP contribution is -2.17. The highest BCUT2D eigenvalue weighted by Gasteiger charge is 2.35. The molecule has 2 aromatic carbocycles. The number of halogens is 3. The molecular formula is C17H13F3N4O2. The number of aromatic amines is 1. The van der Waals surface area contributed by atoms with Crippen molar-refractivity contribution in [1.82, 2.24) is 9.97 Å². The van der Waals surface area contributed by atoms with Crippen LogP contribution in [0.15, 0.2) is 53.7 Å². The van der Waals surface area contributed by atoms with Gasteiger partial charge in [0.2, 0.25) is 11.7 Å². The van der Waals surface area contributed by atoms with Gasteiger partial charge in [-0.05, 0) is 17.7 Å². The van der Waals surface area contributed by atoms with Crippen LogP contribution in [0.3, 0.4) is 0 Å². The standard InChI is InChI=1S/C17H13F3N4O2/c18-17(19,20)16-22-11-7-4-8-13(15(11)23-16)26-24-12(9-14(21)25)10-5-2-1-3-6-10/h1-8H,9H2,(H2,21,25)(H,22,23)/b24-12+. The molecule has 1 amide bonds. The number of carbonyl (C=O) groups is 1. The molecule has 9 heteroatoms. The van der Waals surface area contributed by atoms with Crippen molar-refractivity contribution in [2.24, 2.45) is 10.9 Å². The number of amides is 1. The second kappa shape index (κ2) is 6.87. The fourth-order valence-corrected chi connectivity index (χ4v) is 2.30. The Morgan fingerprint density at radius 1 is 1.15 bits per heavy atom. The Bertz CT molecular complexity index is 965. The smallest absolute Gasteiger partial charge is 0.369 e. The summed E-state index contributed by atoms with van der Waals surface area (Å²) in [5, 5.41) is 3.91. The average molecular weight is 362 g/mol. The molecule has 0 bridgehead atoms. The normalized spacial score (nSPS) is 12.3. The van der Waals surface area contributed by atoms with E-state index in [1.807, 2.05) is 0 Å². The maximum absolute atomic E-state index is 12.8. The second-order valence-corrected chi connectivity index (χ2v) is 5.37. The van der Waals surface area contributed by atoms with Crippen LogP contribution >= 0.6 is 0 Å². The number of para-hydroxylation sites is 1. The maximum atomic E-state index is 12.8. The number of H-pyrrole nitrogens is 1. The SMILES string of the molecule is NC(=O)C/C(=N\Oc1cccc2[nH]c(C(F)(F)F)nc12)c1ccccc1. The number of hydrogen-bond donors (Lipinski definition) is 2. The number of oxime groups is 1. The molecule has 0 spiro atoms. The fourth-order valence-electron chi connectivity index (χ4n) is 2.30. The van der Waals surface area contributed by atoms with Crippen molar-refractivity contribution >= 4 is 22.7 Å². The minimum Gasteiger partial charge on any atom is -0.369 e. The van der Waals surface area contributed by atoms with Gasteiger partial charge >= 0.3 is 6.18 Å². The second-order valence-electron chi connectivity index (χ2n) is 5.37. The molecule has 0 fully saturated rings. The molecule has 0 atom stereocenters. The number of nitrogens with zero attached hydrogens (tertiary/aromatic N) is 2. The van der Waals surface area contributed by atoms with Crippen LogP contribution in [0, 0.1) is 0 Å². The van der Waals surface area contributed by atoms with Gasteiger partial charge in [-0.25, -0.2) is 4.98 Å². The molecule has 1 heterocycles. The molecule has 0 saturated heterocycles. The van der Waals surface area contributed by atoms with Crippen LogP contribution in [0.5, 0.6) is 5.75 Å². The number of carbonyl (C=O) groups excluding carboxylic acids is 1. The first-order valence-electron chi connectivity index (χ1n) is 7.48. The van der Waals surface area contributed by atoms with Gasteiger partial charge in [0.1, 0.15) is 5.52 Å². The van der Waals surface area contributed by atoms with E-state index in [0.717, 1.165) is 0 Å². The zero-order chi connectivity index (χ0) is 18.7. The topological polar surface area (TPSA) is 93.4 Å². The number of alkyl halides is 3. The van der Waals surface area contributed by atoms with E-state index in [0.29, 0.717) is 5.56 Å². The Kier molecular flexibility index (Phi) is 4.61. The number of primary amides is 1. The predicted molar refractivity (Wildman–Crippen MR) is 88.5 cm³/mol. The summed E-state index contributed by atoms with van der Waals surface area (Å²) in [5.41, 5.74) is 6.22. The van der Waals surface area contributed by atoms with Crippen molar-refractivity contribution in [2.75, 3.05) is 0 Å². The lowest BCUT2D eigenvalue weighted by atomic mass is 10.1. The van der Waals surface area contributed by atoms with Crippen molar-refractivity contribution < 1.29 is 22.8 Å². The maximum Gasteiger partial charge on any atom is 0.449 e. The minimum atomic E-state index is -4.61. The van der Waals surface area contributed by atoms with Gasteiger partial charge in [0.05, 0.1) is 17.6 Å². The van der Waals surface area contributed by atoms with E-state index in [2.05, 4.69) is 15.1 Å². The average Bonchev–Trinajstić information content (AvgIpc) is 3.04. The number of fused-ring (bicyclic) bond motifs is 1. The highest BCUT2D eigenvalue weighted by Crippen LogP contribution is 2.31. The summed E-state index contributed by atoms with van der Waals surface area (Å²) in [7, 11) is 0. The summed E-state index contributed by atoms with van der Waals surface area (Å²) in [5.74, 6) is -1.73. The summed E-state index contributed by atoms with van der Waals surface area (Å²) in [6.07, 6.45) is -4.80. The third kappa shape index (κ3) is 3.82. The van der Waals surface area contributed by atoms with Crippen LogP contribution < -0.4 is 10.6 Å². The van der Waals surface area contributed by atoms with Crippen molar-refractivity contribution in [1.29, 1.82) is 0 Å². The third-order valence-electron chi connectivity index (χ3n) is 3.45. The van der Waals surface area contributed by atoms with E-state index in [-0.39, 0.29) is 28.9 Å². The van der Waals surface area contributed by atoms with Crippen molar-refractivity contribution in [3.63, 3.8) is 0 Å². The van der Waals surface area contributed by atoms with E-state index < -0.39 is 17.9 Å². The molecule has 0 aliphatic rings. The molecule has 0 radical (unpaired) electrons. The Morgan fingerprint density at radius 3 is 2.54 bits per heavy atom. The van der Waals surface area contributed by atoms with E-state index >= 15 is 0 Å². The Hall–Kier alpha value is -3.36. The molecule has 0 aliphatic carbocycles. The fraction of sp³-hybridized carbons (Fsp3) is 0.118. The van der Waals surface area contributed by atoms with E-state index in [9.17, 15) is 18.0 Å². The molecular weight excluding hydrogens is 349 g/mol. The first kappa shape index (κ1) is 17.5. The molecule has 6 nitrogen and oxygen atoms in total. The molecule has 0 aliphatic heterocycles. The van der Waals surface area contributed by atoms with Gasteiger partial charge in [-0.1, -0.05) is 41.6 Å². The Balaban J connectivity index is 1.97. The van der Waals surface area contributed by atoms with E-state index in [1.54, 1.807) is 30.3 Å². The predicted octanol–water partition coefficient (Wildman–Crippen LogP) is 3.24. The first-order chi connectivity index (χ1) is 12.3. The largest absolute Gasteiger partial charge is 0.449 e. The van der Waals surface area contributed by atoms with E-state index in [1.165, 1.54) is 18.2 Å². The summed E-state index contributed by atoms with van der Waals surface area (Å²) >= 11 is 0. The molecule has 0 saturated carbocycles. The number of benzene rings is 2. The minimum absolute atomic E-state index is 0.0185. The molecule has 3 rings (SSSR count). The lowest BCUT2D eigenvalue weighted by molar-refractivity contribution is -0.144. The quantitative estimate of drug-likeness (QED) is 0.539. The van der Waals surface area contributed by atoms with Gasteiger partial charge in [0, 0.05) is 0 Å². The molecule has 3 aromatic rings. The number of nitrogens with one attached hydrogen (secondary N) is 1. The first-order valence-corrected chi connectivity index (χ1v) is 7.48. The summed E-state index contributed by atoms with van der Waals surface area (Å²) in [4.78, 5) is 22.3. The van der Waals surface area contributed by atoms with Crippen LogP contribution in [0.2, 0.25) is 0 Å². The number of nitrogens with two attached hydrogens (primary N) is 1. The molecule has 26 heavy (non-hydrogen) atoms. The van der Waals surface area contributed by atoms with Crippen molar-refractivity contribution in [3.05, 3.63) is 59.9 Å². The summed E-state index contributed by atoms with van der Waals surface area (Å²) in [6, 6.07) is 13.1. The zero-order valence-electron chi connectivity index (χ0n) is 13.2. The van der Waals surface area contributed by atoms with Crippen LogP contribution in [-0.2, 0) is 11.0 Å². The highest BCUT2D eigenvalue weighted by molar-refractivity contribution is 6.10. The number of rotatable bonds is 5. The summed E-state index contributed by atoms with van der Waals surface area (Å²) < 4.78 is 38.5. The van der Waals surface area contributed by atoms with Gasteiger partial charge < -0.3 is 15.6 Å². The van der Waals surface area contributed by atoms with Crippen LogP contribution in [0.25, 0.3) is 11.0 Å². The number of aromatic nitrogens is 2. The Morgan fingerprint density at radius 2 is 1.88 bits per heavy atom. The van der Waals surface area contributed by atoms with E-state index in [4.69, 9.17) is 10.6 Å². The van der Waals surface area contributed by atoms with Gasteiger partial charge in [-0.2, -0.15) is 13.2 Å². The molecule has 0 unspecified atom stereocenters. The van der Waals surface area contributed by atoms with Gasteiger partial charge in [0.15, 0.2) is 5.75 Å². The molecule has 1 aromatic heterocycles. The number of imidazole rings is 1. The highest BCUT2D eigenvalue weighted by atomic mass is 19.4. The molecule has 3 N–H and O–H groups in total.